The molecule has 6 heteroatoms. The molecule has 2 saturated heterocycles. The van der Waals surface area contributed by atoms with Crippen molar-refractivity contribution in [1.82, 2.24) is 4.31 Å². The Hall–Kier alpha value is -0.170. The molecule has 2 unspecified atom stereocenters. The SMILES string of the molecule is NCC1CCCN1S(=O)(=O)C1CCCOC1. The summed E-state index contributed by atoms with van der Waals surface area (Å²) in [5.41, 5.74) is 5.61. The van der Waals surface area contributed by atoms with Crippen LogP contribution < -0.4 is 5.73 Å². The normalized spacial score (nSPS) is 33.1. The summed E-state index contributed by atoms with van der Waals surface area (Å²) >= 11 is 0. The highest BCUT2D eigenvalue weighted by atomic mass is 32.2. The Morgan fingerprint density at radius 3 is 2.75 bits per heavy atom. The van der Waals surface area contributed by atoms with Crippen molar-refractivity contribution in [3.8, 4) is 0 Å². The molecule has 2 aliphatic heterocycles. The maximum atomic E-state index is 12.3. The van der Waals surface area contributed by atoms with E-state index in [2.05, 4.69) is 0 Å². The summed E-state index contributed by atoms with van der Waals surface area (Å²) in [5, 5.41) is -0.353. The highest BCUT2D eigenvalue weighted by molar-refractivity contribution is 7.89. The van der Waals surface area contributed by atoms with Gasteiger partial charge in [-0.05, 0) is 25.7 Å². The molecule has 0 aromatic heterocycles. The first kappa shape index (κ1) is 12.3. The predicted octanol–water partition coefficient (Wildman–Crippen LogP) is -0.0817. The van der Waals surface area contributed by atoms with Gasteiger partial charge >= 0.3 is 0 Å². The first-order valence-electron chi connectivity index (χ1n) is 5.94. The number of rotatable bonds is 3. The van der Waals surface area contributed by atoms with Gasteiger partial charge in [0.2, 0.25) is 10.0 Å². The van der Waals surface area contributed by atoms with Crippen molar-refractivity contribution in [1.29, 1.82) is 0 Å². The van der Waals surface area contributed by atoms with Gasteiger partial charge in [0.25, 0.3) is 0 Å². The zero-order chi connectivity index (χ0) is 11.6. The van der Waals surface area contributed by atoms with Crippen LogP contribution in [0.3, 0.4) is 0 Å². The van der Waals surface area contributed by atoms with Gasteiger partial charge in [-0.1, -0.05) is 0 Å². The first-order chi connectivity index (χ1) is 7.66. The summed E-state index contributed by atoms with van der Waals surface area (Å²) in [6.07, 6.45) is 3.37. The predicted molar refractivity (Wildman–Crippen MR) is 61.5 cm³/mol. The van der Waals surface area contributed by atoms with E-state index in [-0.39, 0.29) is 11.3 Å². The van der Waals surface area contributed by atoms with Crippen LogP contribution in [0.25, 0.3) is 0 Å². The molecule has 2 N–H and O–H groups in total. The van der Waals surface area contributed by atoms with Gasteiger partial charge in [-0.3, -0.25) is 0 Å². The Morgan fingerprint density at radius 2 is 2.12 bits per heavy atom. The second kappa shape index (κ2) is 5.00. The molecule has 0 bridgehead atoms. The third-order valence-corrected chi connectivity index (χ3v) is 5.81. The highest BCUT2D eigenvalue weighted by Gasteiger charge is 2.39. The second-order valence-corrected chi connectivity index (χ2v) is 6.69. The summed E-state index contributed by atoms with van der Waals surface area (Å²) < 4.78 is 31.6. The zero-order valence-electron chi connectivity index (χ0n) is 9.47. The number of nitrogens with zero attached hydrogens (tertiary/aromatic N) is 1. The average Bonchev–Trinajstić information content (AvgIpc) is 2.79. The van der Waals surface area contributed by atoms with E-state index in [0.717, 1.165) is 25.7 Å². The fourth-order valence-corrected chi connectivity index (χ4v) is 4.62. The largest absolute Gasteiger partial charge is 0.380 e. The standard InChI is InChI=1S/C10H20N2O3S/c11-7-9-3-1-5-12(9)16(13,14)10-4-2-6-15-8-10/h9-10H,1-8,11H2. The van der Waals surface area contributed by atoms with Crippen molar-refractivity contribution in [2.75, 3.05) is 26.3 Å². The molecule has 2 aliphatic rings. The van der Waals surface area contributed by atoms with Crippen LogP contribution in [0.5, 0.6) is 0 Å². The lowest BCUT2D eigenvalue weighted by Crippen LogP contribution is -2.46. The quantitative estimate of drug-likeness (QED) is 0.758. The molecule has 0 amide bonds. The number of ether oxygens (including phenoxy) is 1. The summed E-state index contributed by atoms with van der Waals surface area (Å²) in [5.74, 6) is 0. The molecule has 0 radical (unpaired) electrons. The monoisotopic (exact) mass is 248 g/mol. The van der Waals surface area contributed by atoms with Crippen LogP contribution in [0.15, 0.2) is 0 Å². The molecule has 2 heterocycles. The molecule has 5 nitrogen and oxygen atoms in total. The fourth-order valence-electron chi connectivity index (χ4n) is 2.52. The first-order valence-corrected chi connectivity index (χ1v) is 7.45. The average molecular weight is 248 g/mol. The third kappa shape index (κ3) is 2.25. The van der Waals surface area contributed by atoms with Crippen molar-refractivity contribution < 1.29 is 13.2 Å². The molecule has 94 valence electrons. The van der Waals surface area contributed by atoms with E-state index in [1.165, 1.54) is 0 Å². The zero-order valence-corrected chi connectivity index (χ0v) is 10.3. The van der Waals surface area contributed by atoms with E-state index in [9.17, 15) is 8.42 Å². The molecule has 0 aromatic rings. The Balaban J connectivity index is 2.11. The van der Waals surface area contributed by atoms with Crippen LogP contribution in [0.1, 0.15) is 25.7 Å². The summed E-state index contributed by atoms with van der Waals surface area (Å²) in [7, 11) is -3.19. The van der Waals surface area contributed by atoms with E-state index < -0.39 is 10.0 Å². The van der Waals surface area contributed by atoms with Crippen LogP contribution in [0, 0.1) is 0 Å². The molecule has 0 spiro atoms. The van der Waals surface area contributed by atoms with Crippen molar-refractivity contribution in [2.24, 2.45) is 5.73 Å². The van der Waals surface area contributed by atoms with Crippen LogP contribution in [-0.2, 0) is 14.8 Å². The fraction of sp³-hybridized carbons (Fsp3) is 1.00. The van der Waals surface area contributed by atoms with Crippen molar-refractivity contribution in [3.05, 3.63) is 0 Å². The molecular formula is C10H20N2O3S. The number of hydrogen-bond acceptors (Lipinski definition) is 4. The van der Waals surface area contributed by atoms with Crippen LogP contribution in [0.2, 0.25) is 0 Å². The summed E-state index contributed by atoms with van der Waals surface area (Å²) in [6, 6.07) is 0.00641. The highest BCUT2D eigenvalue weighted by Crippen LogP contribution is 2.26. The lowest BCUT2D eigenvalue weighted by Gasteiger charge is -2.30. The Labute approximate surface area is 97.0 Å². The van der Waals surface area contributed by atoms with Gasteiger partial charge in [0.15, 0.2) is 0 Å². The second-order valence-electron chi connectivity index (χ2n) is 4.53. The minimum atomic E-state index is -3.19. The molecule has 0 aromatic carbocycles. The molecule has 2 fully saturated rings. The molecule has 16 heavy (non-hydrogen) atoms. The molecule has 0 aliphatic carbocycles. The van der Waals surface area contributed by atoms with E-state index in [4.69, 9.17) is 10.5 Å². The van der Waals surface area contributed by atoms with Gasteiger partial charge in [-0.15, -0.1) is 0 Å². The van der Waals surface area contributed by atoms with Gasteiger partial charge in [0.1, 0.15) is 0 Å². The summed E-state index contributed by atoms with van der Waals surface area (Å²) in [6.45, 7) is 2.08. The number of hydrogen-bond donors (Lipinski definition) is 1. The van der Waals surface area contributed by atoms with E-state index in [1.807, 2.05) is 0 Å². The Kier molecular flexibility index (Phi) is 3.84. The van der Waals surface area contributed by atoms with Crippen LogP contribution in [0.4, 0.5) is 0 Å². The maximum Gasteiger partial charge on any atom is 0.219 e. The van der Waals surface area contributed by atoms with E-state index in [1.54, 1.807) is 4.31 Å². The minimum absolute atomic E-state index is 0.00641. The summed E-state index contributed by atoms with van der Waals surface area (Å²) in [4.78, 5) is 0. The molecule has 2 rings (SSSR count). The Bertz CT molecular complexity index is 325. The van der Waals surface area contributed by atoms with Gasteiger partial charge in [-0.25, -0.2) is 8.42 Å². The van der Waals surface area contributed by atoms with Crippen molar-refractivity contribution in [2.45, 2.75) is 37.0 Å². The van der Waals surface area contributed by atoms with Gasteiger partial charge in [0.05, 0.1) is 11.9 Å². The van der Waals surface area contributed by atoms with E-state index in [0.29, 0.717) is 26.3 Å². The minimum Gasteiger partial charge on any atom is -0.380 e. The molecular weight excluding hydrogens is 228 g/mol. The lowest BCUT2D eigenvalue weighted by atomic mass is 10.2. The van der Waals surface area contributed by atoms with Gasteiger partial charge in [0, 0.05) is 25.7 Å². The van der Waals surface area contributed by atoms with Crippen LogP contribution in [-0.4, -0.2) is 50.3 Å². The van der Waals surface area contributed by atoms with Gasteiger partial charge in [-0.2, -0.15) is 4.31 Å². The molecule has 0 saturated carbocycles. The maximum absolute atomic E-state index is 12.3. The Morgan fingerprint density at radius 1 is 1.31 bits per heavy atom. The topological polar surface area (TPSA) is 72.6 Å². The van der Waals surface area contributed by atoms with Crippen LogP contribution >= 0.6 is 0 Å². The molecule has 2 atom stereocenters. The third-order valence-electron chi connectivity index (χ3n) is 3.46. The van der Waals surface area contributed by atoms with E-state index >= 15 is 0 Å². The van der Waals surface area contributed by atoms with Gasteiger partial charge < -0.3 is 10.5 Å². The smallest absolute Gasteiger partial charge is 0.219 e. The lowest BCUT2D eigenvalue weighted by molar-refractivity contribution is 0.0973. The van der Waals surface area contributed by atoms with Crippen molar-refractivity contribution in [3.63, 3.8) is 0 Å². The van der Waals surface area contributed by atoms with Crippen molar-refractivity contribution >= 4 is 10.0 Å². The number of sulfonamides is 1. The number of nitrogens with two attached hydrogens (primary N) is 1.